The molecular formula is C13H23F3O2. The number of hydrogen-bond acceptors (Lipinski definition) is 2. The summed E-state index contributed by atoms with van der Waals surface area (Å²) in [7, 11) is 0.997. The maximum atomic E-state index is 13.5. The van der Waals surface area contributed by atoms with E-state index in [4.69, 9.17) is 0 Å². The van der Waals surface area contributed by atoms with Gasteiger partial charge in [0.1, 0.15) is 0 Å². The number of rotatable bonds is 2. The maximum Gasteiger partial charge on any atom is 0.405 e. The van der Waals surface area contributed by atoms with E-state index in [1.165, 1.54) is 20.8 Å². The lowest BCUT2D eigenvalue weighted by atomic mass is 9.59. The second-order valence-corrected chi connectivity index (χ2v) is 6.88. The second-order valence-electron chi connectivity index (χ2n) is 6.88. The van der Waals surface area contributed by atoms with Gasteiger partial charge in [0.2, 0.25) is 0 Å². The average molecular weight is 268 g/mol. The highest BCUT2D eigenvalue weighted by molar-refractivity contribution is 5.79. The van der Waals surface area contributed by atoms with Crippen LogP contribution in [0.15, 0.2) is 0 Å². The molecule has 1 atom stereocenters. The fourth-order valence-electron chi connectivity index (χ4n) is 2.25. The molecule has 2 nitrogen and oxygen atoms in total. The van der Waals surface area contributed by atoms with E-state index in [1.54, 1.807) is 20.8 Å². The predicted octanol–water partition coefficient (Wildman–Crippen LogP) is 4.19. The Morgan fingerprint density at radius 3 is 1.56 bits per heavy atom. The molecular weight excluding hydrogens is 245 g/mol. The van der Waals surface area contributed by atoms with Crippen LogP contribution in [-0.2, 0) is 9.53 Å². The standard InChI is InChI=1S/C13H23F3O2/c1-10(2,3)8-12(9(17)18-7,11(4,5)6)13(14,15)16/h8H2,1-7H3. The number of halogens is 3. The smallest absolute Gasteiger partial charge is 0.405 e. The fraction of sp³-hybridized carbons (Fsp3) is 0.923. The Bertz CT molecular complexity index is 292. The Hall–Kier alpha value is -0.740. The van der Waals surface area contributed by atoms with Crippen LogP contribution in [0.3, 0.4) is 0 Å². The summed E-state index contributed by atoms with van der Waals surface area (Å²) in [6, 6.07) is 0. The molecule has 0 aliphatic carbocycles. The van der Waals surface area contributed by atoms with Crippen LogP contribution in [0, 0.1) is 16.2 Å². The van der Waals surface area contributed by atoms with Crippen molar-refractivity contribution in [2.75, 3.05) is 7.11 Å². The third kappa shape index (κ3) is 3.18. The van der Waals surface area contributed by atoms with Gasteiger partial charge in [0.25, 0.3) is 0 Å². The lowest BCUT2D eigenvalue weighted by molar-refractivity contribution is -0.268. The van der Waals surface area contributed by atoms with E-state index < -0.39 is 28.4 Å². The summed E-state index contributed by atoms with van der Waals surface area (Å²) < 4.78 is 45.1. The van der Waals surface area contributed by atoms with E-state index in [2.05, 4.69) is 4.74 Å². The van der Waals surface area contributed by atoms with Crippen LogP contribution in [0.25, 0.3) is 0 Å². The highest BCUT2D eigenvalue weighted by atomic mass is 19.4. The molecule has 0 aliphatic heterocycles. The van der Waals surface area contributed by atoms with Gasteiger partial charge >= 0.3 is 12.1 Å². The first-order valence-electron chi connectivity index (χ1n) is 5.84. The predicted molar refractivity (Wildman–Crippen MR) is 64.0 cm³/mol. The SMILES string of the molecule is COC(=O)C(CC(C)(C)C)(C(C)(C)C)C(F)(F)F. The average Bonchev–Trinajstić information content (AvgIpc) is 2.07. The number of esters is 1. The Morgan fingerprint density at radius 1 is 1.00 bits per heavy atom. The van der Waals surface area contributed by atoms with Gasteiger partial charge in [-0.1, -0.05) is 41.5 Å². The van der Waals surface area contributed by atoms with Crippen LogP contribution in [-0.4, -0.2) is 19.3 Å². The summed E-state index contributed by atoms with van der Waals surface area (Å²) in [5.41, 5.74) is -4.41. The van der Waals surface area contributed by atoms with Gasteiger partial charge in [-0.15, -0.1) is 0 Å². The summed E-state index contributed by atoms with van der Waals surface area (Å²) in [6.45, 7) is 9.31. The lowest BCUT2D eigenvalue weighted by Gasteiger charge is -2.46. The normalized spacial score (nSPS) is 17.2. The number of carbonyl (C=O) groups is 1. The zero-order valence-electron chi connectivity index (χ0n) is 12.2. The topological polar surface area (TPSA) is 26.3 Å². The molecule has 108 valence electrons. The van der Waals surface area contributed by atoms with Crippen molar-refractivity contribution < 1.29 is 22.7 Å². The Morgan fingerprint density at radius 2 is 1.39 bits per heavy atom. The highest BCUT2D eigenvalue weighted by Gasteiger charge is 2.68. The molecule has 0 radical (unpaired) electrons. The molecule has 0 aromatic heterocycles. The minimum Gasteiger partial charge on any atom is -0.468 e. The van der Waals surface area contributed by atoms with Crippen molar-refractivity contribution in [3.8, 4) is 0 Å². The van der Waals surface area contributed by atoms with Crippen LogP contribution in [0.1, 0.15) is 48.0 Å². The molecule has 0 N–H and O–H groups in total. The van der Waals surface area contributed by atoms with Crippen LogP contribution in [0.2, 0.25) is 0 Å². The van der Waals surface area contributed by atoms with Crippen molar-refractivity contribution in [2.45, 2.75) is 54.1 Å². The summed E-state index contributed by atoms with van der Waals surface area (Å²) in [4.78, 5) is 11.9. The van der Waals surface area contributed by atoms with Gasteiger partial charge in [-0.2, -0.15) is 13.2 Å². The van der Waals surface area contributed by atoms with Crippen molar-refractivity contribution >= 4 is 5.97 Å². The molecule has 0 bridgehead atoms. The lowest BCUT2D eigenvalue weighted by Crippen LogP contribution is -2.56. The van der Waals surface area contributed by atoms with Crippen LogP contribution in [0.4, 0.5) is 13.2 Å². The largest absolute Gasteiger partial charge is 0.468 e. The minimum absolute atomic E-state index is 0.306. The first kappa shape index (κ1) is 17.3. The van der Waals surface area contributed by atoms with Gasteiger partial charge in [-0.25, -0.2) is 0 Å². The van der Waals surface area contributed by atoms with E-state index in [0.717, 1.165) is 7.11 Å². The van der Waals surface area contributed by atoms with Crippen molar-refractivity contribution in [3.63, 3.8) is 0 Å². The zero-order valence-corrected chi connectivity index (χ0v) is 12.2. The zero-order chi connectivity index (χ0) is 15.0. The van der Waals surface area contributed by atoms with E-state index >= 15 is 0 Å². The van der Waals surface area contributed by atoms with Gasteiger partial charge in [0, 0.05) is 0 Å². The third-order valence-corrected chi connectivity index (χ3v) is 3.09. The van der Waals surface area contributed by atoms with Crippen molar-refractivity contribution in [1.82, 2.24) is 0 Å². The number of alkyl halides is 3. The molecule has 0 rings (SSSR count). The van der Waals surface area contributed by atoms with Gasteiger partial charge in [0.15, 0.2) is 5.41 Å². The molecule has 5 heteroatoms. The molecule has 0 aromatic rings. The molecule has 1 unspecified atom stereocenters. The van der Waals surface area contributed by atoms with Gasteiger partial charge in [0.05, 0.1) is 7.11 Å². The monoisotopic (exact) mass is 268 g/mol. The minimum atomic E-state index is -4.65. The first-order valence-corrected chi connectivity index (χ1v) is 5.84. The van der Waals surface area contributed by atoms with E-state index in [0.29, 0.717) is 0 Å². The van der Waals surface area contributed by atoms with E-state index in [9.17, 15) is 18.0 Å². The molecule has 0 aromatic carbocycles. The molecule has 18 heavy (non-hydrogen) atoms. The van der Waals surface area contributed by atoms with Gasteiger partial charge in [-0.05, 0) is 17.3 Å². The fourth-order valence-corrected chi connectivity index (χ4v) is 2.25. The third-order valence-electron chi connectivity index (χ3n) is 3.09. The van der Waals surface area contributed by atoms with Gasteiger partial charge in [-0.3, -0.25) is 4.79 Å². The second kappa shape index (κ2) is 4.74. The van der Waals surface area contributed by atoms with Crippen molar-refractivity contribution in [3.05, 3.63) is 0 Å². The van der Waals surface area contributed by atoms with E-state index in [-0.39, 0.29) is 6.42 Å². The van der Waals surface area contributed by atoms with Crippen molar-refractivity contribution in [1.29, 1.82) is 0 Å². The Kier molecular flexibility index (Phi) is 4.55. The number of ether oxygens (including phenoxy) is 1. The van der Waals surface area contributed by atoms with Gasteiger partial charge < -0.3 is 4.74 Å². The molecule has 0 aliphatic rings. The molecule has 0 amide bonds. The maximum absolute atomic E-state index is 13.5. The Labute approximate surface area is 107 Å². The molecule has 0 saturated heterocycles. The molecule has 0 heterocycles. The van der Waals surface area contributed by atoms with Crippen molar-refractivity contribution in [2.24, 2.45) is 16.2 Å². The van der Waals surface area contributed by atoms with Crippen LogP contribution >= 0.6 is 0 Å². The van der Waals surface area contributed by atoms with E-state index in [1.807, 2.05) is 0 Å². The summed E-state index contributed by atoms with van der Waals surface area (Å²) in [5.74, 6) is -1.21. The Balaban J connectivity index is 5.99. The quantitative estimate of drug-likeness (QED) is 0.702. The highest BCUT2D eigenvalue weighted by Crippen LogP contribution is 2.57. The number of carbonyl (C=O) groups excluding carboxylic acids is 1. The first-order chi connectivity index (χ1) is 7.69. The number of methoxy groups -OCH3 is 1. The summed E-state index contributed by atoms with van der Waals surface area (Å²) in [6.07, 6.45) is -4.95. The summed E-state index contributed by atoms with van der Waals surface area (Å²) in [5, 5.41) is 0. The molecule has 0 saturated carbocycles. The number of hydrogen-bond donors (Lipinski definition) is 0. The van der Waals surface area contributed by atoms with Crippen LogP contribution < -0.4 is 0 Å². The molecule has 0 fully saturated rings. The summed E-state index contributed by atoms with van der Waals surface area (Å²) >= 11 is 0. The molecule has 0 spiro atoms. The van der Waals surface area contributed by atoms with Crippen LogP contribution in [0.5, 0.6) is 0 Å².